The minimum Gasteiger partial charge on any atom is -0.394 e. The van der Waals surface area contributed by atoms with Gasteiger partial charge in [0.05, 0.1) is 42.2 Å². The third kappa shape index (κ3) is 6.33. The Morgan fingerprint density at radius 1 is 1.19 bits per heavy atom. The minimum atomic E-state index is -3.97. The Balaban J connectivity index is 1.56. The van der Waals surface area contributed by atoms with Crippen molar-refractivity contribution in [2.45, 2.75) is 55.4 Å². The molecule has 0 spiro atoms. The average Bonchev–Trinajstić information content (AvgIpc) is 2.75. The van der Waals surface area contributed by atoms with Crippen LogP contribution in [0.15, 0.2) is 59.5 Å². The Bertz CT molecular complexity index is 986. The van der Waals surface area contributed by atoms with Crippen molar-refractivity contribution in [2.24, 2.45) is 0 Å². The lowest BCUT2D eigenvalue weighted by molar-refractivity contribution is -0.131. The zero-order chi connectivity index (χ0) is 22.4. The highest BCUT2D eigenvalue weighted by Gasteiger charge is 2.35. The summed E-state index contributed by atoms with van der Waals surface area (Å²) < 4.78 is 46.8. The van der Waals surface area contributed by atoms with E-state index in [1.54, 1.807) is 0 Å². The summed E-state index contributed by atoms with van der Waals surface area (Å²) >= 11 is 0. The highest BCUT2D eigenvalue weighted by molar-refractivity contribution is 7.89. The van der Waals surface area contributed by atoms with Gasteiger partial charge in [-0.3, -0.25) is 4.79 Å². The van der Waals surface area contributed by atoms with Crippen LogP contribution in [0.5, 0.6) is 0 Å². The largest absolute Gasteiger partial charge is 0.394 e. The molecule has 9 heteroatoms. The van der Waals surface area contributed by atoms with Crippen molar-refractivity contribution in [1.82, 2.24) is 10.0 Å². The molecule has 0 bridgehead atoms. The van der Waals surface area contributed by atoms with Gasteiger partial charge in [0.1, 0.15) is 5.82 Å². The summed E-state index contributed by atoms with van der Waals surface area (Å²) in [6, 6.07) is 13.4. The van der Waals surface area contributed by atoms with Crippen LogP contribution in [0, 0.1) is 5.82 Å². The number of hydrogen-bond donors (Lipinski definition) is 3. The highest BCUT2D eigenvalue weighted by Crippen LogP contribution is 2.24. The van der Waals surface area contributed by atoms with Crippen molar-refractivity contribution < 1.29 is 27.4 Å². The molecule has 0 aromatic heterocycles. The van der Waals surface area contributed by atoms with Gasteiger partial charge in [0.25, 0.3) is 0 Å². The van der Waals surface area contributed by atoms with Crippen LogP contribution < -0.4 is 10.0 Å². The maximum absolute atomic E-state index is 13.4. The second kappa shape index (κ2) is 10.3. The van der Waals surface area contributed by atoms with Gasteiger partial charge in [0.2, 0.25) is 15.9 Å². The van der Waals surface area contributed by atoms with Gasteiger partial charge in [-0.2, -0.15) is 0 Å². The second-order valence-electron chi connectivity index (χ2n) is 7.65. The Morgan fingerprint density at radius 3 is 2.61 bits per heavy atom. The Hall–Kier alpha value is -2.33. The first-order valence-corrected chi connectivity index (χ1v) is 11.7. The smallest absolute Gasteiger partial charge is 0.241 e. The molecule has 1 heterocycles. The van der Waals surface area contributed by atoms with Crippen LogP contribution in [0.1, 0.15) is 37.8 Å². The van der Waals surface area contributed by atoms with Crippen LogP contribution in [0.2, 0.25) is 0 Å². The number of carbonyl (C=O) groups excluding carboxylic acids is 1. The first-order valence-electron chi connectivity index (χ1n) is 10.2. The third-order valence-corrected chi connectivity index (χ3v) is 6.79. The van der Waals surface area contributed by atoms with E-state index >= 15 is 0 Å². The van der Waals surface area contributed by atoms with E-state index in [0.29, 0.717) is 12.8 Å². The first kappa shape index (κ1) is 23.3. The molecule has 4 atom stereocenters. The van der Waals surface area contributed by atoms with Crippen molar-refractivity contribution >= 4 is 15.9 Å². The summed E-state index contributed by atoms with van der Waals surface area (Å²) in [6.45, 7) is 1.48. The van der Waals surface area contributed by atoms with Crippen molar-refractivity contribution in [3.8, 4) is 0 Å². The summed E-state index contributed by atoms with van der Waals surface area (Å²) in [5.41, 5.74) is 0.987. The highest BCUT2D eigenvalue weighted by atomic mass is 32.2. The molecule has 7 nitrogen and oxygen atoms in total. The first-order chi connectivity index (χ1) is 14.8. The number of sulfonamides is 1. The molecule has 0 aliphatic carbocycles. The molecule has 0 unspecified atom stereocenters. The molecule has 1 fully saturated rings. The van der Waals surface area contributed by atoms with Gasteiger partial charge in [-0.15, -0.1) is 0 Å². The third-order valence-electron chi connectivity index (χ3n) is 5.30. The van der Waals surface area contributed by atoms with Crippen LogP contribution in [0.4, 0.5) is 4.39 Å². The van der Waals surface area contributed by atoms with Crippen molar-refractivity contribution in [1.29, 1.82) is 0 Å². The monoisotopic (exact) mass is 450 g/mol. The molecule has 2 aromatic rings. The summed E-state index contributed by atoms with van der Waals surface area (Å²) in [5.74, 6) is -0.839. The quantitative estimate of drug-likeness (QED) is 0.572. The predicted octanol–water partition coefficient (Wildman–Crippen LogP) is 2.28. The molecule has 3 N–H and O–H groups in total. The molecule has 1 amide bonds. The summed E-state index contributed by atoms with van der Waals surface area (Å²) in [4.78, 5) is 12.2. The van der Waals surface area contributed by atoms with Gasteiger partial charge < -0.3 is 15.2 Å². The molecular formula is C22H27FN2O5S. The van der Waals surface area contributed by atoms with Crippen molar-refractivity contribution in [2.75, 3.05) is 6.61 Å². The van der Waals surface area contributed by atoms with Gasteiger partial charge in [0.15, 0.2) is 0 Å². The average molecular weight is 451 g/mol. The number of aliphatic hydroxyl groups is 1. The van der Waals surface area contributed by atoms with Crippen LogP contribution in [-0.2, 0) is 19.6 Å². The van der Waals surface area contributed by atoms with Gasteiger partial charge in [0, 0.05) is 0 Å². The van der Waals surface area contributed by atoms with E-state index in [0.717, 1.165) is 17.7 Å². The zero-order valence-corrected chi connectivity index (χ0v) is 18.0. The lowest BCUT2D eigenvalue weighted by atomic mass is 9.97. The molecule has 3 rings (SSSR count). The summed E-state index contributed by atoms with van der Waals surface area (Å²) in [6.07, 6.45) is -0.306. The number of amides is 1. The number of benzene rings is 2. The normalized spacial score (nSPS) is 22.6. The number of rotatable bonds is 8. The molecule has 0 saturated carbocycles. The maximum atomic E-state index is 13.4. The van der Waals surface area contributed by atoms with Gasteiger partial charge >= 0.3 is 0 Å². The van der Waals surface area contributed by atoms with E-state index in [9.17, 15) is 22.7 Å². The summed E-state index contributed by atoms with van der Waals surface area (Å²) in [5, 5.41) is 12.6. The molecule has 1 aliphatic rings. The van der Waals surface area contributed by atoms with Crippen molar-refractivity contribution in [3.63, 3.8) is 0 Å². The fraction of sp³-hybridized carbons (Fsp3) is 0.409. The van der Waals surface area contributed by atoms with Gasteiger partial charge in [-0.25, -0.2) is 17.5 Å². The van der Waals surface area contributed by atoms with Crippen molar-refractivity contribution in [3.05, 3.63) is 66.0 Å². The van der Waals surface area contributed by atoms with E-state index in [2.05, 4.69) is 10.0 Å². The minimum absolute atomic E-state index is 0.108. The molecular weight excluding hydrogens is 423 g/mol. The molecule has 1 aliphatic heterocycles. The predicted molar refractivity (Wildman–Crippen MR) is 113 cm³/mol. The van der Waals surface area contributed by atoms with E-state index in [1.165, 1.54) is 12.1 Å². The van der Waals surface area contributed by atoms with Crippen LogP contribution in [0.25, 0.3) is 0 Å². The number of nitrogens with one attached hydrogen (secondary N) is 2. The summed E-state index contributed by atoms with van der Waals surface area (Å²) in [7, 11) is -3.97. The number of halogens is 1. The Labute approximate surface area is 181 Å². The lowest BCUT2D eigenvalue weighted by Crippen LogP contribution is -2.51. The SMILES string of the molecule is C[C@@H](NC(=O)C[C@@H]1CC[C@H](NS(=O)(=O)c2cccc(F)c2)[C@H](CO)O1)c1ccccc1. The number of carbonyl (C=O) groups is 1. The topological polar surface area (TPSA) is 105 Å². The molecule has 0 radical (unpaired) electrons. The van der Waals surface area contributed by atoms with E-state index < -0.39 is 40.7 Å². The molecule has 31 heavy (non-hydrogen) atoms. The zero-order valence-electron chi connectivity index (χ0n) is 17.2. The fourth-order valence-electron chi connectivity index (χ4n) is 3.65. The standard InChI is InChI=1S/C22H27FN2O5S/c1-15(16-6-3-2-4-7-16)24-22(27)13-18-10-11-20(21(14-26)30-18)25-31(28,29)19-9-5-8-17(23)12-19/h2-9,12,15,18,20-21,25-26H,10-11,13-14H2,1H3,(H,24,27)/t15-,18+,20+,21+/m1/s1. The van der Waals surface area contributed by atoms with Crippen LogP contribution in [-0.4, -0.2) is 44.3 Å². The van der Waals surface area contributed by atoms with E-state index in [4.69, 9.17) is 4.74 Å². The Kier molecular flexibility index (Phi) is 7.77. The van der Waals surface area contributed by atoms with E-state index in [-0.39, 0.29) is 23.3 Å². The Morgan fingerprint density at radius 2 is 1.94 bits per heavy atom. The fourth-order valence-corrected chi connectivity index (χ4v) is 4.98. The molecule has 1 saturated heterocycles. The van der Waals surface area contributed by atoms with E-state index in [1.807, 2.05) is 37.3 Å². The van der Waals surface area contributed by atoms with Crippen LogP contribution >= 0.6 is 0 Å². The second-order valence-corrected chi connectivity index (χ2v) is 9.36. The number of aliphatic hydroxyl groups excluding tert-OH is 1. The number of ether oxygens (including phenoxy) is 1. The molecule has 168 valence electrons. The van der Waals surface area contributed by atoms with Crippen LogP contribution in [0.3, 0.4) is 0 Å². The maximum Gasteiger partial charge on any atom is 0.241 e. The molecule has 2 aromatic carbocycles. The lowest BCUT2D eigenvalue weighted by Gasteiger charge is -2.35. The van der Waals surface area contributed by atoms with Gasteiger partial charge in [-0.1, -0.05) is 36.4 Å². The van der Waals surface area contributed by atoms with Gasteiger partial charge in [-0.05, 0) is 43.5 Å². The number of hydrogen-bond acceptors (Lipinski definition) is 5.